The van der Waals surface area contributed by atoms with Crippen LogP contribution in [0.4, 0.5) is 0 Å². The Morgan fingerprint density at radius 2 is 1.52 bits per heavy atom. The molecule has 3 rings (SSSR count). The van der Waals surface area contributed by atoms with Gasteiger partial charge in [0, 0.05) is 6.42 Å². The highest BCUT2D eigenvalue weighted by atomic mass is 16.5. The van der Waals surface area contributed by atoms with Gasteiger partial charge < -0.3 is 9.64 Å². The second kappa shape index (κ2) is 7.30. The van der Waals surface area contributed by atoms with Gasteiger partial charge in [-0.25, -0.2) is 4.79 Å². The van der Waals surface area contributed by atoms with Gasteiger partial charge in [0.15, 0.2) is 5.78 Å². The largest absolute Gasteiger partial charge is 0.467 e. The predicted octanol–water partition coefficient (Wildman–Crippen LogP) is 2.16. The fourth-order valence-electron chi connectivity index (χ4n) is 3.20. The first-order valence-electron chi connectivity index (χ1n) is 8.11. The van der Waals surface area contributed by atoms with E-state index in [4.69, 9.17) is 4.74 Å². The number of benzene rings is 2. The van der Waals surface area contributed by atoms with E-state index in [-0.39, 0.29) is 24.7 Å². The van der Waals surface area contributed by atoms with Crippen LogP contribution in [0, 0.1) is 0 Å². The Hall–Kier alpha value is -2.95. The Morgan fingerprint density at radius 3 is 2.00 bits per heavy atom. The Balaban J connectivity index is 2.00. The van der Waals surface area contributed by atoms with E-state index in [1.54, 1.807) is 0 Å². The molecule has 5 heteroatoms. The number of ketones is 1. The summed E-state index contributed by atoms with van der Waals surface area (Å²) in [5.74, 6) is -1.53. The number of rotatable bonds is 4. The average molecular weight is 337 g/mol. The number of methoxy groups -OCH3 is 1. The van der Waals surface area contributed by atoms with E-state index in [9.17, 15) is 14.4 Å². The molecule has 2 aromatic carbocycles. The van der Waals surface area contributed by atoms with Crippen LogP contribution in [0.2, 0.25) is 0 Å². The van der Waals surface area contributed by atoms with Gasteiger partial charge in [-0.1, -0.05) is 60.7 Å². The van der Waals surface area contributed by atoms with Crippen molar-refractivity contribution in [3.8, 4) is 0 Å². The van der Waals surface area contributed by atoms with Crippen molar-refractivity contribution >= 4 is 17.7 Å². The first-order chi connectivity index (χ1) is 12.1. The van der Waals surface area contributed by atoms with Crippen LogP contribution in [0.15, 0.2) is 60.7 Å². The molecule has 25 heavy (non-hydrogen) atoms. The van der Waals surface area contributed by atoms with Crippen LogP contribution in [0.25, 0.3) is 0 Å². The number of likely N-dealkylation sites (tertiary alicyclic amines) is 1. The standard InChI is InChI=1S/C20H19NO4/c1-25-20(24)17-12-16(22)13-21(17)19(23)18(14-8-4-2-5-9-14)15-10-6-3-7-11-15/h2-11,17-18H,12-13H2,1H3. The van der Waals surface area contributed by atoms with Crippen LogP contribution in [0.1, 0.15) is 23.5 Å². The van der Waals surface area contributed by atoms with Crippen molar-refractivity contribution in [1.29, 1.82) is 0 Å². The Kier molecular flexibility index (Phi) is 4.93. The van der Waals surface area contributed by atoms with Gasteiger partial charge in [-0.05, 0) is 11.1 Å². The molecule has 2 aromatic rings. The fourth-order valence-corrected chi connectivity index (χ4v) is 3.20. The summed E-state index contributed by atoms with van der Waals surface area (Å²) < 4.78 is 4.77. The van der Waals surface area contributed by atoms with Crippen molar-refractivity contribution in [3.05, 3.63) is 71.8 Å². The molecule has 1 amide bonds. The lowest BCUT2D eigenvalue weighted by atomic mass is 9.90. The van der Waals surface area contributed by atoms with Crippen LogP contribution >= 0.6 is 0 Å². The fraction of sp³-hybridized carbons (Fsp3) is 0.250. The second-order valence-corrected chi connectivity index (χ2v) is 6.00. The molecule has 0 radical (unpaired) electrons. The number of ether oxygens (including phenoxy) is 1. The van der Waals surface area contributed by atoms with Gasteiger partial charge in [0.25, 0.3) is 0 Å². The Bertz CT molecular complexity index is 733. The Labute approximate surface area is 146 Å². The summed E-state index contributed by atoms with van der Waals surface area (Å²) in [5.41, 5.74) is 1.64. The van der Waals surface area contributed by atoms with Gasteiger partial charge in [-0.15, -0.1) is 0 Å². The lowest BCUT2D eigenvalue weighted by Crippen LogP contribution is -2.43. The van der Waals surface area contributed by atoms with Crippen molar-refractivity contribution in [3.63, 3.8) is 0 Å². The predicted molar refractivity (Wildman–Crippen MR) is 91.9 cm³/mol. The van der Waals surface area contributed by atoms with E-state index < -0.39 is 17.9 Å². The summed E-state index contributed by atoms with van der Waals surface area (Å²) in [6, 6.07) is 17.9. The summed E-state index contributed by atoms with van der Waals surface area (Å²) in [7, 11) is 1.26. The van der Waals surface area contributed by atoms with Crippen molar-refractivity contribution in [2.75, 3.05) is 13.7 Å². The van der Waals surface area contributed by atoms with Crippen LogP contribution in [0.5, 0.6) is 0 Å². The third-order valence-electron chi connectivity index (χ3n) is 4.41. The first-order valence-corrected chi connectivity index (χ1v) is 8.11. The number of carbonyl (C=O) groups is 3. The third-order valence-corrected chi connectivity index (χ3v) is 4.41. The second-order valence-electron chi connectivity index (χ2n) is 6.00. The number of nitrogens with zero attached hydrogens (tertiary/aromatic N) is 1. The minimum atomic E-state index is -0.847. The van der Waals surface area contributed by atoms with E-state index >= 15 is 0 Å². The van der Waals surface area contributed by atoms with E-state index in [2.05, 4.69) is 0 Å². The molecule has 1 heterocycles. The van der Waals surface area contributed by atoms with Crippen molar-refractivity contribution in [2.45, 2.75) is 18.4 Å². The molecule has 1 aliphatic rings. The van der Waals surface area contributed by atoms with E-state index in [0.29, 0.717) is 0 Å². The lowest BCUT2D eigenvalue weighted by molar-refractivity contribution is -0.151. The normalized spacial score (nSPS) is 17.0. The number of esters is 1. The number of amides is 1. The van der Waals surface area contributed by atoms with Gasteiger partial charge in [0.1, 0.15) is 6.04 Å². The minimum absolute atomic E-state index is 0.00864. The molecule has 1 atom stereocenters. The molecule has 0 spiro atoms. The van der Waals surface area contributed by atoms with Gasteiger partial charge in [-0.3, -0.25) is 9.59 Å². The molecule has 0 aromatic heterocycles. The number of hydrogen-bond acceptors (Lipinski definition) is 4. The van der Waals surface area contributed by atoms with E-state index in [1.165, 1.54) is 12.0 Å². The molecule has 1 fully saturated rings. The third kappa shape index (κ3) is 3.45. The maximum absolute atomic E-state index is 13.3. The molecule has 0 N–H and O–H groups in total. The quantitative estimate of drug-likeness (QED) is 0.802. The zero-order valence-electron chi connectivity index (χ0n) is 13.9. The highest BCUT2D eigenvalue weighted by molar-refractivity contribution is 5.99. The van der Waals surface area contributed by atoms with Crippen molar-refractivity contribution in [2.24, 2.45) is 0 Å². The summed E-state index contributed by atoms with van der Waals surface area (Å²) in [6.07, 6.45) is 0.00864. The number of hydrogen-bond donors (Lipinski definition) is 0. The first kappa shape index (κ1) is 16.9. The SMILES string of the molecule is COC(=O)C1CC(=O)CN1C(=O)C(c1ccccc1)c1ccccc1. The van der Waals surface area contributed by atoms with Gasteiger partial charge in [-0.2, -0.15) is 0 Å². The monoisotopic (exact) mass is 337 g/mol. The maximum Gasteiger partial charge on any atom is 0.329 e. The van der Waals surface area contributed by atoms with Crippen molar-refractivity contribution < 1.29 is 19.1 Å². The zero-order valence-corrected chi connectivity index (χ0v) is 13.9. The number of Topliss-reactive ketones (excluding diaryl/α,β-unsaturated/α-hetero) is 1. The maximum atomic E-state index is 13.3. The molecule has 1 aliphatic heterocycles. The molecule has 0 saturated carbocycles. The van der Waals surface area contributed by atoms with Crippen molar-refractivity contribution in [1.82, 2.24) is 4.90 Å². The van der Waals surface area contributed by atoms with Crippen LogP contribution in [-0.4, -0.2) is 42.3 Å². The highest BCUT2D eigenvalue weighted by Gasteiger charge is 2.42. The summed E-state index contributed by atoms with van der Waals surface area (Å²) >= 11 is 0. The molecule has 1 unspecified atom stereocenters. The molecule has 0 aliphatic carbocycles. The Morgan fingerprint density at radius 1 is 1.00 bits per heavy atom. The molecule has 1 saturated heterocycles. The summed E-state index contributed by atoms with van der Waals surface area (Å²) in [4.78, 5) is 38.5. The summed E-state index contributed by atoms with van der Waals surface area (Å²) in [5, 5.41) is 0. The lowest BCUT2D eigenvalue weighted by Gasteiger charge is -2.27. The minimum Gasteiger partial charge on any atom is -0.467 e. The summed E-state index contributed by atoms with van der Waals surface area (Å²) in [6.45, 7) is -0.0607. The molecular weight excluding hydrogens is 318 g/mol. The molecule has 5 nitrogen and oxygen atoms in total. The smallest absolute Gasteiger partial charge is 0.329 e. The van der Waals surface area contributed by atoms with Gasteiger partial charge >= 0.3 is 5.97 Å². The average Bonchev–Trinajstić information content (AvgIpc) is 3.05. The highest BCUT2D eigenvalue weighted by Crippen LogP contribution is 2.29. The van der Waals surface area contributed by atoms with Gasteiger partial charge in [0.2, 0.25) is 5.91 Å². The topological polar surface area (TPSA) is 63.7 Å². The molecule has 128 valence electrons. The zero-order chi connectivity index (χ0) is 17.8. The molecular formula is C20H19NO4. The van der Waals surface area contributed by atoms with Crippen LogP contribution < -0.4 is 0 Å². The van der Waals surface area contributed by atoms with Crippen LogP contribution in [0.3, 0.4) is 0 Å². The van der Waals surface area contributed by atoms with Crippen LogP contribution in [-0.2, 0) is 19.1 Å². The van der Waals surface area contributed by atoms with E-state index in [1.807, 2.05) is 60.7 Å². The van der Waals surface area contributed by atoms with Gasteiger partial charge in [0.05, 0.1) is 19.6 Å². The van der Waals surface area contributed by atoms with E-state index in [0.717, 1.165) is 11.1 Å². The number of carbonyl (C=O) groups excluding carboxylic acids is 3. The molecule has 0 bridgehead atoms.